The van der Waals surface area contributed by atoms with Crippen molar-refractivity contribution in [3.8, 4) is 6.07 Å². The summed E-state index contributed by atoms with van der Waals surface area (Å²) in [6, 6.07) is 6.50. The van der Waals surface area contributed by atoms with Crippen molar-refractivity contribution < 1.29 is 0 Å². The van der Waals surface area contributed by atoms with Crippen LogP contribution in [0.5, 0.6) is 0 Å². The third-order valence-corrected chi connectivity index (χ3v) is 2.97. The first-order chi connectivity index (χ1) is 6.30. The van der Waals surface area contributed by atoms with Crippen LogP contribution in [0.15, 0.2) is 12.1 Å². The molecule has 0 amide bonds. The fraction of sp³-hybridized carbons (Fsp3) is 0.500. The number of nitrogens with one attached hydrogen (secondary N) is 1. The Morgan fingerprint density at radius 2 is 2.15 bits per heavy atom. The zero-order chi connectivity index (χ0) is 9.68. The van der Waals surface area contributed by atoms with Gasteiger partial charge in [-0.3, -0.25) is 0 Å². The second-order valence-corrected chi connectivity index (χ2v) is 4.02. The molecule has 0 aliphatic rings. The summed E-state index contributed by atoms with van der Waals surface area (Å²) in [5, 5.41) is 13.1. The molecule has 1 heterocycles. The van der Waals surface area contributed by atoms with Crippen LogP contribution in [0.2, 0.25) is 0 Å². The number of hydrogen-bond acceptors (Lipinski definition) is 3. The van der Waals surface area contributed by atoms with E-state index in [1.54, 1.807) is 0 Å². The van der Waals surface area contributed by atoms with Crippen molar-refractivity contribution in [2.45, 2.75) is 32.7 Å². The lowest BCUT2D eigenvalue weighted by atomic mass is 10.2. The van der Waals surface area contributed by atoms with E-state index < -0.39 is 0 Å². The molecule has 0 atom stereocenters. The van der Waals surface area contributed by atoms with E-state index in [1.165, 1.54) is 11.3 Å². The summed E-state index contributed by atoms with van der Waals surface area (Å²) in [5.41, 5.74) is 0. The van der Waals surface area contributed by atoms with E-state index in [1.807, 2.05) is 12.1 Å². The lowest BCUT2D eigenvalue weighted by molar-refractivity contribution is 0.673. The predicted molar refractivity (Wildman–Crippen MR) is 57.0 cm³/mol. The minimum absolute atomic E-state index is 0.533. The normalized spacial score (nSPS) is 10.0. The molecule has 3 heteroatoms. The summed E-state index contributed by atoms with van der Waals surface area (Å²) in [6.07, 6.45) is 2.24. The lowest BCUT2D eigenvalue weighted by Crippen LogP contribution is -2.15. The van der Waals surface area contributed by atoms with E-state index in [2.05, 4.69) is 25.2 Å². The Hall–Kier alpha value is -1.01. The highest BCUT2D eigenvalue weighted by Gasteiger charge is 2.04. The number of hydrogen-bond donors (Lipinski definition) is 1. The standard InChI is InChI=1S/C10H14N2S/c1-3-8(4-2)12-10-6-5-9(7-11)13-10/h5-6,8,12H,3-4H2,1-2H3. The molecule has 1 N–H and O–H groups in total. The van der Waals surface area contributed by atoms with Crippen LogP contribution >= 0.6 is 11.3 Å². The van der Waals surface area contributed by atoms with Gasteiger partial charge in [0.2, 0.25) is 0 Å². The maximum atomic E-state index is 8.63. The van der Waals surface area contributed by atoms with E-state index in [-0.39, 0.29) is 0 Å². The average molecular weight is 194 g/mol. The van der Waals surface area contributed by atoms with Crippen LogP contribution in [0, 0.1) is 11.3 Å². The molecular formula is C10H14N2S. The van der Waals surface area contributed by atoms with Crippen molar-refractivity contribution in [3.63, 3.8) is 0 Å². The number of anilines is 1. The van der Waals surface area contributed by atoms with Crippen molar-refractivity contribution >= 4 is 16.3 Å². The van der Waals surface area contributed by atoms with Crippen molar-refractivity contribution in [3.05, 3.63) is 17.0 Å². The highest BCUT2D eigenvalue weighted by Crippen LogP contribution is 2.22. The number of rotatable bonds is 4. The largest absolute Gasteiger partial charge is 0.374 e. The van der Waals surface area contributed by atoms with Crippen molar-refractivity contribution in [2.24, 2.45) is 0 Å². The van der Waals surface area contributed by atoms with Gasteiger partial charge in [-0.2, -0.15) is 5.26 Å². The molecule has 0 radical (unpaired) electrons. The smallest absolute Gasteiger partial charge is 0.110 e. The summed E-state index contributed by atoms with van der Waals surface area (Å²) in [5.74, 6) is 0. The Morgan fingerprint density at radius 3 is 2.62 bits per heavy atom. The van der Waals surface area contributed by atoms with Gasteiger partial charge in [-0.25, -0.2) is 0 Å². The maximum Gasteiger partial charge on any atom is 0.110 e. The third kappa shape index (κ3) is 2.74. The molecule has 13 heavy (non-hydrogen) atoms. The van der Waals surface area contributed by atoms with Gasteiger partial charge in [-0.15, -0.1) is 11.3 Å². The molecule has 0 saturated heterocycles. The van der Waals surface area contributed by atoms with Gasteiger partial charge in [0.15, 0.2) is 0 Å². The molecule has 0 aliphatic heterocycles. The van der Waals surface area contributed by atoms with E-state index in [0.29, 0.717) is 6.04 Å². The Morgan fingerprint density at radius 1 is 1.46 bits per heavy atom. The second-order valence-electron chi connectivity index (χ2n) is 2.93. The van der Waals surface area contributed by atoms with Gasteiger partial charge >= 0.3 is 0 Å². The zero-order valence-corrected chi connectivity index (χ0v) is 8.82. The van der Waals surface area contributed by atoms with Gasteiger partial charge in [0.1, 0.15) is 10.9 Å². The van der Waals surface area contributed by atoms with Crippen molar-refractivity contribution in [2.75, 3.05) is 5.32 Å². The molecule has 0 unspecified atom stereocenters. The summed E-state index contributed by atoms with van der Waals surface area (Å²) in [6.45, 7) is 4.33. The molecule has 1 aromatic rings. The Kier molecular flexibility index (Phi) is 3.78. The lowest BCUT2D eigenvalue weighted by Gasteiger charge is -2.13. The predicted octanol–water partition coefficient (Wildman–Crippen LogP) is 3.22. The number of nitriles is 1. The first kappa shape index (κ1) is 10.1. The van der Waals surface area contributed by atoms with E-state index in [0.717, 1.165) is 22.7 Å². The molecular weight excluding hydrogens is 180 g/mol. The van der Waals surface area contributed by atoms with Crippen molar-refractivity contribution in [1.29, 1.82) is 5.26 Å². The summed E-state index contributed by atoms with van der Waals surface area (Å²) in [4.78, 5) is 0.772. The molecule has 0 saturated carbocycles. The quantitative estimate of drug-likeness (QED) is 0.798. The SMILES string of the molecule is CCC(CC)Nc1ccc(C#N)s1. The minimum atomic E-state index is 0.533. The summed E-state index contributed by atoms with van der Waals surface area (Å²) in [7, 11) is 0. The Labute approximate surface area is 83.2 Å². The maximum absolute atomic E-state index is 8.63. The van der Waals surface area contributed by atoms with Crippen LogP contribution in [-0.4, -0.2) is 6.04 Å². The van der Waals surface area contributed by atoms with Gasteiger partial charge in [-0.1, -0.05) is 13.8 Å². The number of nitrogens with zero attached hydrogens (tertiary/aromatic N) is 1. The van der Waals surface area contributed by atoms with Crippen LogP contribution in [0.25, 0.3) is 0 Å². The highest BCUT2D eigenvalue weighted by molar-refractivity contribution is 7.16. The van der Waals surface area contributed by atoms with Gasteiger partial charge in [-0.05, 0) is 25.0 Å². The van der Waals surface area contributed by atoms with Crippen LogP contribution in [-0.2, 0) is 0 Å². The molecule has 1 rings (SSSR count). The van der Waals surface area contributed by atoms with E-state index in [4.69, 9.17) is 5.26 Å². The monoisotopic (exact) mass is 194 g/mol. The van der Waals surface area contributed by atoms with Crippen LogP contribution in [0.3, 0.4) is 0 Å². The fourth-order valence-electron chi connectivity index (χ4n) is 1.17. The van der Waals surface area contributed by atoms with Crippen LogP contribution in [0.1, 0.15) is 31.6 Å². The molecule has 1 aromatic heterocycles. The van der Waals surface area contributed by atoms with E-state index in [9.17, 15) is 0 Å². The minimum Gasteiger partial charge on any atom is -0.374 e. The van der Waals surface area contributed by atoms with E-state index >= 15 is 0 Å². The average Bonchev–Trinajstić information content (AvgIpc) is 2.61. The first-order valence-corrected chi connectivity index (χ1v) is 5.38. The third-order valence-electron chi connectivity index (χ3n) is 2.05. The van der Waals surface area contributed by atoms with Gasteiger partial charge in [0.25, 0.3) is 0 Å². The summed E-state index contributed by atoms with van der Waals surface area (Å²) < 4.78 is 0. The molecule has 0 spiro atoms. The topological polar surface area (TPSA) is 35.8 Å². The Bertz CT molecular complexity index is 294. The van der Waals surface area contributed by atoms with Gasteiger partial charge in [0, 0.05) is 6.04 Å². The molecule has 0 aliphatic carbocycles. The number of thiophene rings is 1. The van der Waals surface area contributed by atoms with Gasteiger partial charge in [0.05, 0.1) is 5.00 Å². The molecule has 0 bridgehead atoms. The molecule has 0 fully saturated rings. The Balaban J connectivity index is 2.58. The first-order valence-electron chi connectivity index (χ1n) is 4.56. The van der Waals surface area contributed by atoms with Crippen molar-refractivity contribution in [1.82, 2.24) is 0 Å². The highest BCUT2D eigenvalue weighted by atomic mass is 32.1. The van der Waals surface area contributed by atoms with Gasteiger partial charge < -0.3 is 5.32 Å². The molecule has 2 nitrogen and oxygen atoms in total. The molecule has 0 aromatic carbocycles. The van der Waals surface area contributed by atoms with Crippen LogP contribution < -0.4 is 5.32 Å². The zero-order valence-electron chi connectivity index (χ0n) is 8.00. The summed E-state index contributed by atoms with van der Waals surface area (Å²) >= 11 is 1.52. The molecule has 70 valence electrons. The second kappa shape index (κ2) is 4.88. The van der Waals surface area contributed by atoms with Crippen LogP contribution in [0.4, 0.5) is 5.00 Å². The fourth-order valence-corrected chi connectivity index (χ4v) is 1.95.